The van der Waals surface area contributed by atoms with Crippen molar-refractivity contribution in [2.75, 3.05) is 0 Å². The van der Waals surface area contributed by atoms with Crippen LogP contribution in [0.5, 0.6) is 5.75 Å². The molecule has 1 aromatic heterocycles. The van der Waals surface area contributed by atoms with E-state index in [2.05, 4.69) is 10.4 Å². The summed E-state index contributed by atoms with van der Waals surface area (Å²) in [5, 5.41) is 7.17. The van der Waals surface area contributed by atoms with E-state index in [1.165, 1.54) is 12.1 Å². The van der Waals surface area contributed by atoms with Crippen molar-refractivity contribution in [2.45, 2.75) is 20.1 Å². The van der Waals surface area contributed by atoms with Crippen LogP contribution in [0.4, 0.5) is 4.39 Å². The molecule has 134 valence electrons. The van der Waals surface area contributed by atoms with Crippen LogP contribution >= 0.6 is 0 Å². The zero-order valence-corrected chi connectivity index (χ0v) is 14.7. The van der Waals surface area contributed by atoms with Gasteiger partial charge in [0.25, 0.3) is 5.91 Å². The average Bonchev–Trinajstić information content (AvgIpc) is 2.97. The zero-order valence-electron chi connectivity index (χ0n) is 14.7. The molecule has 26 heavy (non-hydrogen) atoms. The van der Waals surface area contributed by atoms with Gasteiger partial charge in [-0.25, -0.2) is 4.39 Å². The molecule has 0 atom stereocenters. The first-order chi connectivity index (χ1) is 12.5. The Labute approximate surface area is 151 Å². The molecule has 1 amide bonds. The van der Waals surface area contributed by atoms with Gasteiger partial charge in [-0.1, -0.05) is 12.1 Å². The first-order valence-electron chi connectivity index (χ1n) is 8.26. The van der Waals surface area contributed by atoms with E-state index in [1.807, 2.05) is 32.2 Å². The summed E-state index contributed by atoms with van der Waals surface area (Å²) < 4.78 is 20.2. The quantitative estimate of drug-likeness (QED) is 0.739. The van der Waals surface area contributed by atoms with Crippen LogP contribution in [0, 0.1) is 12.7 Å². The van der Waals surface area contributed by atoms with Crippen molar-refractivity contribution in [3.8, 4) is 5.75 Å². The lowest BCUT2D eigenvalue weighted by molar-refractivity contribution is 0.0950. The highest BCUT2D eigenvalue weighted by Crippen LogP contribution is 2.14. The zero-order chi connectivity index (χ0) is 18.5. The van der Waals surface area contributed by atoms with Gasteiger partial charge in [-0.15, -0.1) is 0 Å². The topological polar surface area (TPSA) is 56.1 Å². The van der Waals surface area contributed by atoms with E-state index in [0.717, 1.165) is 17.0 Å². The SMILES string of the molecule is Cc1cc(CNC(=O)c2ccc(COc3ccc(F)cc3)cc2)nn1C. The monoisotopic (exact) mass is 353 g/mol. The van der Waals surface area contributed by atoms with Crippen molar-refractivity contribution < 1.29 is 13.9 Å². The number of benzene rings is 2. The molecule has 0 unspecified atom stereocenters. The molecule has 5 nitrogen and oxygen atoms in total. The normalized spacial score (nSPS) is 10.6. The lowest BCUT2D eigenvalue weighted by Gasteiger charge is -2.07. The highest BCUT2D eigenvalue weighted by Gasteiger charge is 2.07. The molecule has 0 aliphatic carbocycles. The molecule has 2 aromatic carbocycles. The number of nitrogens with one attached hydrogen (secondary N) is 1. The van der Waals surface area contributed by atoms with Gasteiger partial charge in [0.2, 0.25) is 0 Å². The first kappa shape index (κ1) is 17.7. The molecule has 6 heteroatoms. The van der Waals surface area contributed by atoms with Crippen LogP contribution in [-0.4, -0.2) is 15.7 Å². The van der Waals surface area contributed by atoms with E-state index in [1.54, 1.807) is 28.9 Å². The number of carbonyl (C=O) groups excluding carboxylic acids is 1. The third-order valence-corrected chi connectivity index (χ3v) is 4.03. The van der Waals surface area contributed by atoms with E-state index in [9.17, 15) is 9.18 Å². The van der Waals surface area contributed by atoms with Crippen molar-refractivity contribution in [2.24, 2.45) is 7.05 Å². The summed E-state index contributed by atoms with van der Waals surface area (Å²) >= 11 is 0. The molecule has 0 saturated carbocycles. The van der Waals surface area contributed by atoms with Crippen molar-refractivity contribution >= 4 is 5.91 Å². The van der Waals surface area contributed by atoms with Crippen molar-refractivity contribution in [3.05, 3.63) is 82.9 Å². The fourth-order valence-corrected chi connectivity index (χ4v) is 2.44. The molecule has 0 aliphatic heterocycles. The van der Waals surface area contributed by atoms with Gasteiger partial charge in [-0.2, -0.15) is 5.10 Å². The summed E-state index contributed by atoms with van der Waals surface area (Å²) in [6, 6.07) is 15.0. The number of rotatable bonds is 6. The maximum atomic E-state index is 12.9. The Morgan fingerprint density at radius 2 is 1.85 bits per heavy atom. The summed E-state index contributed by atoms with van der Waals surface area (Å²) in [5.41, 5.74) is 3.36. The van der Waals surface area contributed by atoms with E-state index in [4.69, 9.17) is 4.74 Å². The fraction of sp³-hybridized carbons (Fsp3) is 0.200. The Bertz CT molecular complexity index is 867. The Kier molecular flexibility index (Phi) is 5.31. The van der Waals surface area contributed by atoms with Crippen LogP contribution in [0.1, 0.15) is 27.3 Å². The number of carbonyl (C=O) groups is 1. The molecule has 0 aliphatic rings. The fourth-order valence-electron chi connectivity index (χ4n) is 2.44. The summed E-state index contributed by atoms with van der Waals surface area (Å²) in [5.74, 6) is 0.145. The average molecular weight is 353 g/mol. The van der Waals surface area contributed by atoms with Gasteiger partial charge >= 0.3 is 0 Å². The van der Waals surface area contributed by atoms with Gasteiger partial charge in [0, 0.05) is 18.3 Å². The van der Waals surface area contributed by atoms with Gasteiger partial charge in [-0.3, -0.25) is 9.48 Å². The maximum Gasteiger partial charge on any atom is 0.251 e. The minimum atomic E-state index is -0.298. The van der Waals surface area contributed by atoms with E-state index in [-0.39, 0.29) is 11.7 Å². The predicted molar refractivity (Wildman–Crippen MR) is 96.3 cm³/mol. The number of ether oxygens (including phenoxy) is 1. The molecule has 0 saturated heterocycles. The van der Waals surface area contributed by atoms with Crippen LogP contribution in [-0.2, 0) is 20.2 Å². The second kappa shape index (κ2) is 7.82. The van der Waals surface area contributed by atoms with Gasteiger partial charge in [0.05, 0.1) is 12.2 Å². The van der Waals surface area contributed by atoms with E-state index in [0.29, 0.717) is 24.5 Å². The molecule has 3 aromatic rings. The summed E-state index contributed by atoms with van der Waals surface area (Å²) in [4.78, 5) is 12.2. The molecular formula is C20H20FN3O2. The third kappa shape index (κ3) is 4.47. The van der Waals surface area contributed by atoms with E-state index < -0.39 is 0 Å². The van der Waals surface area contributed by atoms with Gasteiger partial charge in [0.1, 0.15) is 18.2 Å². The number of aromatic nitrogens is 2. The van der Waals surface area contributed by atoms with Gasteiger partial charge in [0.15, 0.2) is 0 Å². The van der Waals surface area contributed by atoms with Crippen molar-refractivity contribution in [1.82, 2.24) is 15.1 Å². The second-order valence-corrected chi connectivity index (χ2v) is 6.02. The lowest BCUT2D eigenvalue weighted by atomic mass is 10.1. The van der Waals surface area contributed by atoms with Crippen LogP contribution in [0.25, 0.3) is 0 Å². The second-order valence-electron chi connectivity index (χ2n) is 6.02. The van der Waals surface area contributed by atoms with Crippen LogP contribution in [0.15, 0.2) is 54.6 Å². The highest BCUT2D eigenvalue weighted by molar-refractivity contribution is 5.94. The van der Waals surface area contributed by atoms with Crippen LogP contribution in [0.2, 0.25) is 0 Å². The molecule has 0 fully saturated rings. The first-order valence-corrected chi connectivity index (χ1v) is 8.26. The predicted octanol–water partition coefficient (Wildman–Crippen LogP) is 3.38. The standard InChI is InChI=1S/C20H20FN3O2/c1-14-11-18(23-24(14)2)12-22-20(25)16-5-3-15(4-6-16)13-26-19-9-7-17(21)8-10-19/h3-11H,12-13H2,1-2H3,(H,22,25). The molecule has 0 radical (unpaired) electrons. The molecule has 1 heterocycles. The maximum absolute atomic E-state index is 12.9. The van der Waals surface area contributed by atoms with Crippen LogP contribution in [0.3, 0.4) is 0 Å². The third-order valence-electron chi connectivity index (χ3n) is 4.03. The number of halogens is 1. The Morgan fingerprint density at radius 3 is 2.46 bits per heavy atom. The number of hydrogen-bond acceptors (Lipinski definition) is 3. The molecule has 3 rings (SSSR count). The minimum absolute atomic E-state index is 0.153. The Hall–Kier alpha value is -3.15. The molecular weight excluding hydrogens is 333 g/mol. The summed E-state index contributed by atoms with van der Waals surface area (Å²) in [6.07, 6.45) is 0. The van der Waals surface area contributed by atoms with Gasteiger partial charge in [-0.05, 0) is 55.0 Å². The largest absolute Gasteiger partial charge is 0.489 e. The molecule has 0 bridgehead atoms. The molecule has 0 spiro atoms. The van der Waals surface area contributed by atoms with Crippen molar-refractivity contribution in [3.63, 3.8) is 0 Å². The van der Waals surface area contributed by atoms with E-state index >= 15 is 0 Å². The number of amides is 1. The number of hydrogen-bond donors (Lipinski definition) is 1. The highest BCUT2D eigenvalue weighted by atomic mass is 19.1. The Balaban J connectivity index is 1.52. The van der Waals surface area contributed by atoms with Crippen LogP contribution < -0.4 is 10.1 Å². The number of nitrogens with zero attached hydrogens (tertiary/aromatic N) is 2. The number of aryl methyl sites for hydroxylation is 2. The molecule has 1 N–H and O–H groups in total. The van der Waals surface area contributed by atoms with Crippen molar-refractivity contribution in [1.29, 1.82) is 0 Å². The minimum Gasteiger partial charge on any atom is -0.489 e. The summed E-state index contributed by atoms with van der Waals surface area (Å²) in [7, 11) is 1.87. The smallest absolute Gasteiger partial charge is 0.251 e. The Morgan fingerprint density at radius 1 is 1.15 bits per heavy atom. The van der Waals surface area contributed by atoms with Gasteiger partial charge < -0.3 is 10.1 Å². The summed E-state index contributed by atoms with van der Waals surface area (Å²) in [6.45, 7) is 2.70. The lowest BCUT2D eigenvalue weighted by Crippen LogP contribution is -2.23.